The molecule has 0 aromatic carbocycles. The van der Waals surface area contributed by atoms with E-state index in [1.807, 2.05) is 26.0 Å². The molecule has 1 heterocycles. The van der Waals surface area contributed by atoms with E-state index in [-0.39, 0.29) is 0 Å². The van der Waals surface area contributed by atoms with E-state index in [1.165, 1.54) is 0 Å². The van der Waals surface area contributed by atoms with Gasteiger partial charge in [-0.3, -0.25) is 0 Å². The highest BCUT2D eigenvalue weighted by Crippen LogP contribution is 2.13. The van der Waals surface area contributed by atoms with Crippen LogP contribution in [0.4, 0.5) is 5.82 Å². The van der Waals surface area contributed by atoms with Crippen LogP contribution in [0.1, 0.15) is 18.2 Å². The number of nitrogen functional groups attached to an aromatic ring is 1. The number of hydrogen-bond donors (Lipinski definition) is 1. The SMILES string of the molecule is C=C(C)c1ccc(C)c(N)n1. The number of pyridine rings is 1. The number of aryl methyl sites for hydroxylation is 1. The number of nitrogens with zero attached hydrogens (tertiary/aromatic N) is 1. The fourth-order valence-corrected chi connectivity index (χ4v) is 0.782. The first-order valence-corrected chi connectivity index (χ1v) is 3.50. The molecule has 1 aromatic heterocycles. The first kappa shape index (κ1) is 7.79. The zero-order chi connectivity index (χ0) is 8.43. The molecule has 2 N–H and O–H groups in total. The van der Waals surface area contributed by atoms with Crippen LogP contribution in [-0.4, -0.2) is 4.98 Å². The summed E-state index contributed by atoms with van der Waals surface area (Å²) in [6.45, 7) is 7.63. The van der Waals surface area contributed by atoms with Gasteiger partial charge in [0.05, 0.1) is 5.69 Å². The summed E-state index contributed by atoms with van der Waals surface area (Å²) in [6.07, 6.45) is 0. The van der Waals surface area contributed by atoms with Gasteiger partial charge in [-0.15, -0.1) is 0 Å². The molecule has 2 nitrogen and oxygen atoms in total. The van der Waals surface area contributed by atoms with Crippen LogP contribution in [0.3, 0.4) is 0 Å². The molecular formula is C9H12N2. The van der Waals surface area contributed by atoms with Gasteiger partial charge >= 0.3 is 0 Å². The van der Waals surface area contributed by atoms with E-state index in [0.29, 0.717) is 5.82 Å². The predicted octanol–water partition coefficient (Wildman–Crippen LogP) is 2.01. The van der Waals surface area contributed by atoms with Crippen LogP contribution in [0, 0.1) is 6.92 Å². The molecule has 58 valence electrons. The number of aromatic nitrogens is 1. The minimum Gasteiger partial charge on any atom is -0.383 e. The highest BCUT2D eigenvalue weighted by molar-refractivity contribution is 5.60. The van der Waals surface area contributed by atoms with Gasteiger partial charge < -0.3 is 5.73 Å². The molecule has 0 aliphatic rings. The van der Waals surface area contributed by atoms with Crippen molar-refractivity contribution in [2.45, 2.75) is 13.8 Å². The lowest BCUT2D eigenvalue weighted by Crippen LogP contribution is -1.96. The average molecular weight is 148 g/mol. The second-order valence-corrected chi connectivity index (χ2v) is 2.68. The lowest BCUT2D eigenvalue weighted by molar-refractivity contribution is 1.24. The van der Waals surface area contributed by atoms with Crippen molar-refractivity contribution in [1.29, 1.82) is 0 Å². The van der Waals surface area contributed by atoms with E-state index in [9.17, 15) is 0 Å². The van der Waals surface area contributed by atoms with Crippen molar-refractivity contribution in [2.75, 3.05) is 5.73 Å². The molecule has 0 amide bonds. The van der Waals surface area contributed by atoms with Gasteiger partial charge in [0.15, 0.2) is 0 Å². The molecule has 0 unspecified atom stereocenters. The lowest BCUT2D eigenvalue weighted by atomic mass is 10.2. The maximum atomic E-state index is 5.61. The second kappa shape index (κ2) is 2.74. The van der Waals surface area contributed by atoms with Gasteiger partial charge in [-0.1, -0.05) is 12.6 Å². The molecule has 2 heteroatoms. The Balaban J connectivity index is 3.15. The third kappa shape index (κ3) is 1.58. The summed E-state index contributed by atoms with van der Waals surface area (Å²) in [5.74, 6) is 0.588. The van der Waals surface area contributed by atoms with Gasteiger partial charge in [0.1, 0.15) is 5.82 Å². The maximum Gasteiger partial charge on any atom is 0.126 e. The average Bonchev–Trinajstić information content (AvgIpc) is 1.94. The number of nitrogens with two attached hydrogens (primary N) is 1. The van der Waals surface area contributed by atoms with Crippen LogP contribution in [0.5, 0.6) is 0 Å². The zero-order valence-corrected chi connectivity index (χ0v) is 6.89. The Bertz CT molecular complexity index is 290. The van der Waals surface area contributed by atoms with Crippen LogP contribution in [0.25, 0.3) is 5.57 Å². The topological polar surface area (TPSA) is 38.9 Å². The molecule has 0 aliphatic carbocycles. The Morgan fingerprint density at radius 2 is 2.18 bits per heavy atom. The first-order valence-electron chi connectivity index (χ1n) is 3.50. The Hall–Kier alpha value is -1.31. The summed E-state index contributed by atoms with van der Waals surface area (Å²) in [4.78, 5) is 4.15. The quantitative estimate of drug-likeness (QED) is 0.661. The van der Waals surface area contributed by atoms with E-state index in [1.54, 1.807) is 0 Å². The van der Waals surface area contributed by atoms with Crippen LogP contribution in [0.2, 0.25) is 0 Å². The summed E-state index contributed by atoms with van der Waals surface area (Å²) in [5, 5.41) is 0. The molecule has 0 spiro atoms. The minimum absolute atomic E-state index is 0.588. The van der Waals surface area contributed by atoms with E-state index >= 15 is 0 Å². The Morgan fingerprint density at radius 1 is 1.55 bits per heavy atom. The minimum atomic E-state index is 0.588. The van der Waals surface area contributed by atoms with E-state index < -0.39 is 0 Å². The summed E-state index contributed by atoms with van der Waals surface area (Å²) in [6, 6.07) is 3.88. The molecular weight excluding hydrogens is 136 g/mol. The standard InChI is InChI=1S/C9H12N2/c1-6(2)8-5-4-7(3)9(10)11-8/h4-5H,1H2,2-3H3,(H2,10,11). The number of hydrogen-bond acceptors (Lipinski definition) is 2. The summed E-state index contributed by atoms with van der Waals surface area (Å²) in [7, 11) is 0. The molecule has 0 fully saturated rings. The van der Waals surface area contributed by atoms with Crippen molar-refractivity contribution >= 4 is 11.4 Å². The molecule has 0 aliphatic heterocycles. The number of rotatable bonds is 1. The van der Waals surface area contributed by atoms with Crippen molar-refractivity contribution in [3.63, 3.8) is 0 Å². The molecule has 0 saturated heterocycles. The van der Waals surface area contributed by atoms with E-state index in [2.05, 4.69) is 11.6 Å². The van der Waals surface area contributed by atoms with Gasteiger partial charge in [-0.2, -0.15) is 0 Å². The fourth-order valence-electron chi connectivity index (χ4n) is 0.782. The lowest BCUT2D eigenvalue weighted by Gasteiger charge is -2.01. The summed E-state index contributed by atoms with van der Waals surface area (Å²) < 4.78 is 0. The maximum absolute atomic E-state index is 5.61. The summed E-state index contributed by atoms with van der Waals surface area (Å²) in [5.41, 5.74) is 8.43. The fraction of sp³-hybridized carbons (Fsp3) is 0.222. The normalized spacial score (nSPS) is 9.64. The van der Waals surface area contributed by atoms with Gasteiger partial charge in [0.25, 0.3) is 0 Å². The second-order valence-electron chi connectivity index (χ2n) is 2.68. The van der Waals surface area contributed by atoms with Gasteiger partial charge in [-0.25, -0.2) is 4.98 Å². The monoisotopic (exact) mass is 148 g/mol. The Labute approximate surface area is 66.8 Å². The molecule has 0 saturated carbocycles. The zero-order valence-electron chi connectivity index (χ0n) is 6.89. The van der Waals surface area contributed by atoms with Crippen LogP contribution in [0.15, 0.2) is 18.7 Å². The van der Waals surface area contributed by atoms with Crippen molar-refractivity contribution in [3.8, 4) is 0 Å². The number of anilines is 1. The van der Waals surface area contributed by atoms with Crippen molar-refractivity contribution < 1.29 is 0 Å². The number of allylic oxidation sites excluding steroid dienone is 1. The van der Waals surface area contributed by atoms with Crippen LogP contribution < -0.4 is 5.73 Å². The molecule has 0 radical (unpaired) electrons. The molecule has 1 rings (SSSR count). The molecule has 0 bridgehead atoms. The third-order valence-corrected chi connectivity index (χ3v) is 1.57. The van der Waals surface area contributed by atoms with Crippen LogP contribution >= 0.6 is 0 Å². The predicted molar refractivity (Wildman–Crippen MR) is 48.1 cm³/mol. The Kier molecular flexibility index (Phi) is 1.94. The molecule has 0 atom stereocenters. The van der Waals surface area contributed by atoms with Gasteiger partial charge in [-0.05, 0) is 31.1 Å². The highest BCUT2D eigenvalue weighted by Gasteiger charge is 1.97. The smallest absolute Gasteiger partial charge is 0.126 e. The highest BCUT2D eigenvalue weighted by atomic mass is 14.8. The van der Waals surface area contributed by atoms with Crippen LogP contribution in [-0.2, 0) is 0 Å². The van der Waals surface area contributed by atoms with Crippen molar-refractivity contribution in [2.24, 2.45) is 0 Å². The van der Waals surface area contributed by atoms with Gasteiger partial charge in [0.2, 0.25) is 0 Å². The van der Waals surface area contributed by atoms with E-state index in [0.717, 1.165) is 16.8 Å². The molecule has 11 heavy (non-hydrogen) atoms. The Morgan fingerprint density at radius 3 is 2.64 bits per heavy atom. The van der Waals surface area contributed by atoms with Crippen molar-refractivity contribution in [3.05, 3.63) is 30.0 Å². The molecule has 1 aromatic rings. The third-order valence-electron chi connectivity index (χ3n) is 1.57. The van der Waals surface area contributed by atoms with Gasteiger partial charge in [0, 0.05) is 0 Å². The summed E-state index contributed by atoms with van der Waals surface area (Å²) >= 11 is 0. The first-order chi connectivity index (χ1) is 5.11. The van der Waals surface area contributed by atoms with E-state index in [4.69, 9.17) is 5.73 Å². The largest absolute Gasteiger partial charge is 0.383 e. The van der Waals surface area contributed by atoms with Crippen molar-refractivity contribution in [1.82, 2.24) is 4.98 Å².